The van der Waals surface area contributed by atoms with Gasteiger partial charge in [0.05, 0.1) is 11.8 Å². The van der Waals surface area contributed by atoms with Gasteiger partial charge in [-0.05, 0) is 12.1 Å². The van der Waals surface area contributed by atoms with Gasteiger partial charge in [-0.3, -0.25) is 9.48 Å². The van der Waals surface area contributed by atoms with Crippen molar-refractivity contribution in [3.63, 3.8) is 0 Å². The number of fused-ring (bicyclic) bond motifs is 3. The van der Waals surface area contributed by atoms with Crippen molar-refractivity contribution in [2.24, 2.45) is 7.05 Å². The van der Waals surface area contributed by atoms with Gasteiger partial charge >= 0.3 is 0 Å². The second kappa shape index (κ2) is 4.94. The summed E-state index contributed by atoms with van der Waals surface area (Å²) in [5.41, 5.74) is 2.94. The number of hydrogen-bond acceptors (Lipinski definition) is 4. The number of hydrogen-bond donors (Lipinski definition) is 0. The van der Waals surface area contributed by atoms with E-state index < -0.39 is 0 Å². The highest BCUT2D eigenvalue weighted by atomic mass is 16.5. The molecule has 21 heavy (non-hydrogen) atoms. The van der Waals surface area contributed by atoms with Gasteiger partial charge in [-0.1, -0.05) is 12.1 Å². The number of carbonyl (C=O) groups excluding carboxylic acids is 1. The summed E-state index contributed by atoms with van der Waals surface area (Å²) in [4.78, 5) is 13.7. The second-order valence-electron chi connectivity index (χ2n) is 4.90. The molecule has 0 radical (unpaired) electrons. The van der Waals surface area contributed by atoms with E-state index in [2.05, 4.69) is 5.10 Å². The number of ether oxygens (including phenoxy) is 1. The molecule has 0 saturated carbocycles. The van der Waals surface area contributed by atoms with Gasteiger partial charge in [-0.15, -0.1) is 0 Å². The van der Waals surface area contributed by atoms with Crippen LogP contribution in [0.4, 0.5) is 0 Å². The predicted molar refractivity (Wildman–Crippen MR) is 75.5 cm³/mol. The molecule has 0 aliphatic carbocycles. The largest absolute Gasteiger partial charge is 0.488 e. The Bertz CT molecular complexity index is 758. The highest BCUT2D eigenvalue weighted by Crippen LogP contribution is 2.38. The third-order valence-corrected chi connectivity index (χ3v) is 3.52. The lowest BCUT2D eigenvalue weighted by molar-refractivity contribution is 0.0802. The Labute approximate surface area is 122 Å². The molecule has 0 atom stereocenters. The smallest absolute Gasteiger partial charge is 0.275 e. The lowest BCUT2D eigenvalue weighted by atomic mass is 10.0. The molecule has 0 N–H and O–H groups in total. The summed E-state index contributed by atoms with van der Waals surface area (Å²) in [6.45, 7) is 0.337. The molecule has 6 nitrogen and oxygen atoms in total. The van der Waals surface area contributed by atoms with Crippen LogP contribution >= 0.6 is 0 Å². The summed E-state index contributed by atoms with van der Waals surface area (Å²) < 4.78 is 7.40. The minimum absolute atomic E-state index is 0.0294. The molecule has 1 aromatic heterocycles. The molecule has 6 heteroatoms. The Hall–Kier alpha value is -2.81. The second-order valence-corrected chi connectivity index (χ2v) is 4.90. The third-order valence-electron chi connectivity index (χ3n) is 3.52. The normalized spacial score (nSPS) is 11.9. The zero-order chi connectivity index (χ0) is 15.0. The van der Waals surface area contributed by atoms with E-state index in [-0.39, 0.29) is 12.5 Å². The van der Waals surface area contributed by atoms with Crippen LogP contribution in [0.1, 0.15) is 16.1 Å². The first-order chi connectivity index (χ1) is 10.1. The number of para-hydroxylation sites is 1. The topological polar surface area (TPSA) is 71.2 Å². The molecule has 2 heterocycles. The molecular formula is C15H14N4O2. The van der Waals surface area contributed by atoms with Crippen LogP contribution in [0.3, 0.4) is 0 Å². The average molecular weight is 282 g/mol. The molecule has 1 aliphatic heterocycles. The van der Waals surface area contributed by atoms with E-state index in [1.807, 2.05) is 37.4 Å². The van der Waals surface area contributed by atoms with Gasteiger partial charge in [0.25, 0.3) is 5.91 Å². The molecule has 1 aromatic carbocycles. The van der Waals surface area contributed by atoms with Crippen LogP contribution in [0.15, 0.2) is 24.3 Å². The maximum absolute atomic E-state index is 12.4. The van der Waals surface area contributed by atoms with E-state index in [0.717, 1.165) is 22.6 Å². The van der Waals surface area contributed by atoms with Crippen LogP contribution in [-0.2, 0) is 13.7 Å². The molecule has 0 saturated heterocycles. The zero-order valence-electron chi connectivity index (χ0n) is 11.8. The summed E-state index contributed by atoms with van der Waals surface area (Å²) in [6.07, 6.45) is 0. The minimum atomic E-state index is -0.267. The van der Waals surface area contributed by atoms with Crippen LogP contribution < -0.4 is 4.74 Å². The van der Waals surface area contributed by atoms with Crippen molar-refractivity contribution in [3.05, 3.63) is 35.5 Å². The van der Waals surface area contributed by atoms with Gasteiger partial charge in [-0.2, -0.15) is 10.4 Å². The highest BCUT2D eigenvalue weighted by Gasteiger charge is 2.29. The van der Waals surface area contributed by atoms with Crippen molar-refractivity contribution >= 4 is 5.91 Å². The summed E-state index contributed by atoms with van der Waals surface area (Å²) in [7, 11) is 3.40. The standard InChI is InChI=1S/C15H14N4O2/c1-18(8-7-16)15(20)13-11-9-21-12-6-4-3-5-10(12)14(11)19(2)17-13/h3-6H,8-9H2,1-2H3. The van der Waals surface area contributed by atoms with Gasteiger partial charge in [0.15, 0.2) is 5.69 Å². The number of amides is 1. The minimum Gasteiger partial charge on any atom is -0.488 e. The van der Waals surface area contributed by atoms with Crippen molar-refractivity contribution in [1.29, 1.82) is 5.26 Å². The van der Waals surface area contributed by atoms with E-state index in [9.17, 15) is 4.79 Å². The van der Waals surface area contributed by atoms with Crippen molar-refractivity contribution in [1.82, 2.24) is 14.7 Å². The average Bonchev–Trinajstić information content (AvgIpc) is 2.84. The lowest BCUT2D eigenvalue weighted by Gasteiger charge is -2.19. The van der Waals surface area contributed by atoms with E-state index >= 15 is 0 Å². The molecule has 0 unspecified atom stereocenters. The highest BCUT2D eigenvalue weighted by molar-refractivity contribution is 5.96. The summed E-state index contributed by atoms with van der Waals surface area (Å²) in [5.74, 6) is 0.522. The number of nitrogens with zero attached hydrogens (tertiary/aromatic N) is 4. The third kappa shape index (κ3) is 2.03. The number of benzene rings is 1. The zero-order valence-corrected chi connectivity index (χ0v) is 11.8. The quantitative estimate of drug-likeness (QED) is 0.784. The van der Waals surface area contributed by atoms with Gasteiger partial charge < -0.3 is 9.64 Å². The molecule has 0 fully saturated rings. The van der Waals surface area contributed by atoms with Crippen molar-refractivity contribution in [2.75, 3.05) is 13.6 Å². The van der Waals surface area contributed by atoms with Gasteiger partial charge in [-0.25, -0.2) is 0 Å². The summed E-state index contributed by atoms with van der Waals surface area (Å²) in [6, 6.07) is 9.64. The number of nitriles is 1. The van der Waals surface area contributed by atoms with Crippen LogP contribution in [-0.4, -0.2) is 34.2 Å². The van der Waals surface area contributed by atoms with E-state index in [1.54, 1.807) is 11.7 Å². The fourth-order valence-electron chi connectivity index (χ4n) is 2.51. The van der Waals surface area contributed by atoms with E-state index in [0.29, 0.717) is 12.3 Å². The molecule has 1 amide bonds. The Morgan fingerprint density at radius 3 is 3.05 bits per heavy atom. The Morgan fingerprint density at radius 1 is 1.52 bits per heavy atom. The SMILES string of the molecule is CN(CC#N)C(=O)c1nn(C)c2c1COc1ccccc1-2. The Kier molecular flexibility index (Phi) is 3.10. The number of aromatic nitrogens is 2. The van der Waals surface area contributed by atoms with Crippen molar-refractivity contribution in [2.45, 2.75) is 6.61 Å². The first kappa shape index (κ1) is 13.2. The molecule has 106 valence electrons. The van der Waals surface area contributed by atoms with E-state index in [1.165, 1.54) is 4.90 Å². The van der Waals surface area contributed by atoms with Crippen LogP contribution in [0, 0.1) is 11.3 Å². The molecule has 1 aliphatic rings. The monoisotopic (exact) mass is 282 g/mol. The van der Waals surface area contributed by atoms with Crippen LogP contribution in [0.2, 0.25) is 0 Å². The number of aryl methyl sites for hydroxylation is 1. The molecule has 2 aromatic rings. The fraction of sp³-hybridized carbons (Fsp3) is 0.267. The van der Waals surface area contributed by atoms with Crippen LogP contribution in [0.5, 0.6) is 5.75 Å². The Balaban J connectivity index is 2.10. The predicted octanol–water partition coefficient (Wildman–Crippen LogP) is 1.58. The van der Waals surface area contributed by atoms with Crippen LogP contribution in [0.25, 0.3) is 11.3 Å². The maximum atomic E-state index is 12.4. The molecule has 3 rings (SSSR count). The number of carbonyl (C=O) groups is 1. The van der Waals surface area contributed by atoms with Gasteiger partial charge in [0.1, 0.15) is 18.9 Å². The molecule has 0 bridgehead atoms. The molecule has 0 spiro atoms. The van der Waals surface area contributed by atoms with Gasteiger partial charge in [0.2, 0.25) is 0 Å². The van der Waals surface area contributed by atoms with Crippen molar-refractivity contribution in [3.8, 4) is 23.1 Å². The van der Waals surface area contributed by atoms with E-state index in [4.69, 9.17) is 10.00 Å². The lowest BCUT2D eigenvalue weighted by Crippen LogP contribution is -2.28. The number of rotatable bonds is 2. The molecular weight excluding hydrogens is 268 g/mol. The van der Waals surface area contributed by atoms with Crippen molar-refractivity contribution < 1.29 is 9.53 Å². The Morgan fingerprint density at radius 2 is 2.29 bits per heavy atom. The first-order valence-corrected chi connectivity index (χ1v) is 6.54. The van der Waals surface area contributed by atoms with Gasteiger partial charge in [0, 0.05) is 25.2 Å². The maximum Gasteiger partial charge on any atom is 0.275 e. The first-order valence-electron chi connectivity index (χ1n) is 6.54. The summed E-state index contributed by atoms with van der Waals surface area (Å²) in [5, 5.41) is 13.0. The summed E-state index contributed by atoms with van der Waals surface area (Å²) >= 11 is 0. The fourth-order valence-corrected chi connectivity index (χ4v) is 2.51.